The number of methoxy groups -OCH3 is 2. The van der Waals surface area contributed by atoms with E-state index in [1.54, 1.807) is 14.2 Å². The van der Waals surface area contributed by atoms with E-state index in [0.717, 1.165) is 37.8 Å². The number of ether oxygens (including phenoxy) is 3. The Morgan fingerprint density at radius 1 is 1.25 bits per heavy atom. The predicted octanol–water partition coefficient (Wildman–Crippen LogP) is 2.37. The van der Waals surface area contributed by atoms with E-state index >= 15 is 0 Å². The number of rotatable bonds is 6. The normalized spacial score (nSPS) is 26.7. The minimum Gasteiger partial charge on any atom is -0.497 e. The van der Waals surface area contributed by atoms with Crippen LogP contribution in [-0.4, -0.2) is 46.1 Å². The standard InChI is InChI=1S/C18H28N2O3.ClH/c1-21-14-7-6-13(18(10-14)22-2)11-20-16-5-3-4-15(16)17-12-23-9-8-19-17;/h6-7,10,15-17,19-20H,3-5,8-9,11-12H2,1-2H3;1H. The monoisotopic (exact) mass is 356 g/mol. The summed E-state index contributed by atoms with van der Waals surface area (Å²) in [5, 5.41) is 7.36. The molecule has 5 nitrogen and oxygen atoms in total. The van der Waals surface area contributed by atoms with Gasteiger partial charge in [0.25, 0.3) is 0 Å². The molecule has 3 rings (SSSR count). The fourth-order valence-electron chi connectivity index (χ4n) is 3.82. The third-order valence-electron chi connectivity index (χ3n) is 5.09. The molecule has 0 spiro atoms. The Morgan fingerprint density at radius 2 is 2.12 bits per heavy atom. The highest BCUT2D eigenvalue weighted by atomic mass is 35.5. The van der Waals surface area contributed by atoms with E-state index in [1.165, 1.54) is 24.8 Å². The molecule has 24 heavy (non-hydrogen) atoms. The molecular formula is C18H29ClN2O3. The van der Waals surface area contributed by atoms with E-state index < -0.39 is 0 Å². The van der Waals surface area contributed by atoms with Crippen LogP contribution in [0.3, 0.4) is 0 Å². The molecule has 0 amide bonds. The van der Waals surface area contributed by atoms with Gasteiger partial charge in [0, 0.05) is 36.8 Å². The Kier molecular flexibility index (Phi) is 7.62. The lowest BCUT2D eigenvalue weighted by molar-refractivity contribution is 0.0524. The second-order valence-electron chi connectivity index (χ2n) is 6.40. The van der Waals surface area contributed by atoms with Crippen LogP contribution >= 0.6 is 12.4 Å². The first-order valence-electron chi connectivity index (χ1n) is 8.57. The van der Waals surface area contributed by atoms with Gasteiger partial charge in [-0.3, -0.25) is 0 Å². The number of morpholine rings is 1. The minimum absolute atomic E-state index is 0. The molecule has 6 heteroatoms. The van der Waals surface area contributed by atoms with E-state index in [0.29, 0.717) is 18.0 Å². The molecule has 1 aromatic rings. The van der Waals surface area contributed by atoms with Crippen LogP contribution in [0.2, 0.25) is 0 Å². The largest absolute Gasteiger partial charge is 0.497 e. The molecule has 1 aromatic carbocycles. The number of benzene rings is 1. The molecule has 136 valence electrons. The number of hydrogen-bond donors (Lipinski definition) is 2. The Morgan fingerprint density at radius 3 is 2.83 bits per heavy atom. The molecule has 2 N–H and O–H groups in total. The zero-order valence-corrected chi connectivity index (χ0v) is 15.4. The molecule has 1 saturated carbocycles. The molecule has 3 unspecified atom stereocenters. The summed E-state index contributed by atoms with van der Waals surface area (Å²) >= 11 is 0. The molecule has 2 fully saturated rings. The first-order chi connectivity index (χ1) is 11.3. The van der Waals surface area contributed by atoms with Crippen LogP contribution in [0.25, 0.3) is 0 Å². The third kappa shape index (κ3) is 4.54. The lowest BCUT2D eigenvalue weighted by Crippen LogP contribution is -2.50. The molecule has 0 radical (unpaired) electrons. The Balaban J connectivity index is 0.00000208. The minimum atomic E-state index is 0. The molecule has 2 aliphatic rings. The highest BCUT2D eigenvalue weighted by Gasteiger charge is 2.34. The van der Waals surface area contributed by atoms with E-state index in [9.17, 15) is 0 Å². The van der Waals surface area contributed by atoms with Crippen molar-refractivity contribution in [2.24, 2.45) is 5.92 Å². The molecule has 1 saturated heterocycles. The lowest BCUT2D eigenvalue weighted by atomic mass is 9.94. The third-order valence-corrected chi connectivity index (χ3v) is 5.09. The van der Waals surface area contributed by atoms with Crippen molar-refractivity contribution in [3.05, 3.63) is 23.8 Å². The van der Waals surface area contributed by atoms with Gasteiger partial charge in [0.05, 0.1) is 27.4 Å². The number of nitrogens with one attached hydrogen (secondary N) is 2. The van der Waals surface area contributed by atoms with Crippen LogP contribution in [-0.2, 0) is 11.3 Å². The van der Waals surface area contributed by atoms with Crippen molar-refractivity contribution >= 4 is 12.4 Å². The van der Waals surface area contributed by atoms with Gasteiger partial charge in [-0.1, -0.05) is 12.5 Å². The summed E-state index contributed by atoms with van der Waals surface area (Å²) in [6, 6.07) is 7.04. The summed E-state index contributed by atoms with van der Waals surface area (Å²) in [7, 11) is 3.38. The molecule has 0 aromatic heterocycles. The van der Waals surface area contributed by atoms with E-state index in [1.807, 2.05) is 12.1 Å². The highest BCUT2D eigenvalue weighted by Crippen LogP contribution is 2.31. The first kappa shape index (κ1) is 19.3. The van der Waals surface area contributed by atoms with Gasteiger partial charge in [-0.05, 0) is 24.8 Å². The maximum Gasteiger partial charge on any atom is 0.127 e. The van der Waals surface area contributed by atoms with Crippen LogP contribution in [0.4, 0.5) is 0 Å². The molecule has 1 aliphatic heterocycles. The van der Waals surface area contributed by atoms with Crippen molar-refractivity contribution < 1.29 is 14.2 Å². The van der Waals surface area contributed by atoms with Crippen molar-refractivity contribution in [3.63, 3.8) is 0 Å². The molecule has 3 atom stereocenters. The van der Waals surface area contributed by atoms with Crippen LogP contribution in [0.15, 0.2) is 18.2 Å². The fourth-order valence-corrected chi connectivity index (χ4v) is 3.82. The first-order valence-corrected chi connectivity index (χ1v) is 8.57. The second kappa shape index (κ2) is 9.47. The zero-order valence-electron chi connectivity index (χ0n) is 14.5. The van der Waals surface area contributed by atoms with Gasteiger partial charge in [0.2, 0.25) is 0 Å². The average Bonchev–Trinajstić information content (AvgIpc) is 3.09. The summed E-state index contributed by atoms with van der Waals surface area (Å²) in [5.41, 5.74) is 1.17. The molecule has 1 heterocycles. The van der Waals surface area contributed by atoms with Crippen molar-refractivity contribution in [3.8, 4) is 11.5 Å². The average molecular weight is 357 g/mol. The topological polar surface area (TPSA) is 51.8 Å². The van der Waals surface area contributed by atoms with E-state index in [2.05, 4.69) is 16.7 Å². The van der Waals surface area contributed by atoms with Gasteiger partial charge in [-0.2, -0.15) is 0 Å². The maximum atomic E-state index is 5.64. The van der Waals surface area contributed by atoms with Gasteiger partial charge in [-0.25, -0.2) is 0 Å². The molecular weight excluding hydrogens is 328 g/mol. The summed E-state index contributed by atoms with van der Waals surface area (Å²) in [6.45, 7) is 3.47. The van der Waals surface area contributed by atoms with Crippen LogP contribution < -0.4 is 20.1 Å². The second-order valence-corrected chi connectivity index (χ2v) is 6.40. The summed E-state index contributed by atoms with van der Waals surface area (Å²) < 4.78 is 16.4. The van der Waals surface area contributed by atoms with Crippen LogP contribution in [0.1, 0.15) is 24.8 Å². The molecule has 1 aliphatic carbocycles. The van der Waals surface area contributed by atoms with Gasteiger partial charge in [0.1, 0.15) is 11.5 Å². The van der Waals surface area contributed by atoms with Crippen molar-refractivity contribution in [2.45, 2.75) is 37.9 Å². The quantitative estimate of drug-likeness (QED) is 0.819. The maximum absolute atomic E-state index is 5.64. The SMILES string of the molecule is COc1ccc(CNC2CCCC2C2COCCN2)c(OC)c1.Cl. The van der Waals surface area contributed by atoms with Gasteiger partial charge in [-0.15, -0.1) is 12.4 Å². The van der Waals surface area contributed by atoms with E-state index in [-0.39, 0.29) is 12.4 Å². The number of halogens is 1. The molecule has 0 bridgehead atoms. The van der Waals surface area contributed by atoms with Gasteiger partial charge in [0.15, 0.2) is 0 Å². The van der Waals surface area contributed by atoms with Crippen LogP contribution in [0.5, 0.6) is 11.5 Å². The smallest absolute Gasteiger partial charge is 0.127 e. The summed E-state index contributed by atoms with van der Waals surface area (Å²) in [5.74, 6) is 2.36. The number of hydrogen-bond acceptors (Lipinski definition) is 5. The Hall–Kier alpha value is -1.01. The fraction of sp³-hybridized carbons (Fsp3) is 0.667. The van der Waals surface area contributed by atoms with Crippen molar-refractivity contribution in [2.75, 3.05) is 34.0 Å². The van der Waals surface area contributed by atoms with E-state index in [4.69, 9.17) is 14.2 Å². The van der Waals surface area contributed by atoms with Crippen molar-refractivity contribution in [1.29, 1.82) is 0 Å². The van der Waals surface area contributed by atoms with Gasteiger partial charge < -0.3 is 24.8 Å². The highest BCUT2D eigenvalue weighted by molar-refractivity contribution is 5.85. The van der Waals surface area contributed by atoms with Gasteiger partial charge >= 0.3 is 0 Å². The predicted molar refractivity (Wildman–Crippen MR) is 97.4 cm³/mol. The summed E-state index contributed by atoms with van der Waals surface area (Å²) in [6.07, 6.45) is 3.81. The Labute approximate surface area is 150 Å². The lowest BCUT2D eigenvalue weighted by Gasteiger charge is -2.33. The zero-order chi connectivity index (χ0) is 16.1. The summed E-state index contributed by atoms with van der Waals surface area (Å²) in [4.78, 5) is 0. The van der Waals surface area contributed by atoms with Crippen molar-refractivity contribution in [1.82, 2.24) is 10.6 Å². The van der Waals surface area contributed by atoms with Crippen LogP contribution in [0, 0.1) is 5.92 Å². The Bertz CT molecular complexity index is 509.